The van der Waals surface area contributed by atoms with E-state index in [-0.39, 0.29) is 22.5 Å². The molecule has 0 atom stereocenters. The Hall–Kier alpha value is -3.11. The van der Waals surface area contributed by atoms with E-state index in [0.29, 0.717) is 10.6 Å². The van der Waals surface area contributed by atoms with Crippen molar-refractivity contribution in [3.05, 3.63) is 51.7 Å². The lowest BCUT2D eigenvalue weighted by molar-refractivity contribution is -0.114. The number of anilines is 1. The molecule has 1 aliphatic heterocycles. The van der Waals surface area contributed by atoms with Crippen LogP contribution in [0.15, 0.2) is 45.7 Å². The van der Waals surface area contributed by atoms with Gasteiger partial charge < -0.3 is 5.32 Å². The number of nitrogens with one attached hydrogen (secondary N) is 3. The van der Waals surface area contributed by atoms with Gasteiger partial charge in [-0.05, 0) is 36.9 Å². The third-order valence-corrected chi connectivity index (χ3v) is 5.55. The lowest BCUT2D eigenvalue weighted by atomic mass is 10.1. The van der Waals surface area contributed by atoms with Gasteiger partial charge in [-0.2, -0.15) is 4.99 Å². The van der Waals surface area contributed by atoms with Crippen LogP contribution < -0.4 is 10.6 Å². The van der Waals surface area contributed by atoms with E-state index in [1.807, 2.05) is 32.0 Å². The number of thiophene rings is 1. The highest BCUT2D eigenvalue weighted by Crippen LogP contribution is 2.17. The molecule has 2 heterocycles. The van der Waals surface area contributed by atoms with Gasteiger partial charge in [-0.3, -0.25) is 25.1 Å². The molecule has 0 bridgehead atoms. The molecular formula is C19H17N5O3S2. The zero-order valence-electron chi connectivity index (χ0n) is 15.6. The molecule has 148 valence electrons. The second-order valence-electron chi connectivity index (χ2n) is 6.12. The fraction of sp³-hybridized carbons (Fsp3) is 0.158. The summed E-state index contributed by atoms with van der Waals surface area (Å²) in [6.07, 6.45) is 0. The van der Waals surface area contributed by atoms with Gasteiger partial charge in [0.25, 0.3) is 11.8 Å². The third-order valence-electron chi connectivity index (χ3n) is 3.81. The van der Waals surface area contributed by atoms with Crippen molar-refractivity contribution in [2.75, 3.05) is 11.1 Å². The maximum atomic E-state index is 12.2. The van der Waals surface area contributed by atoms with Gasteiger partial charge >= 0.3 is 0 Å². The molecule has 0 spiro atoms. The minimum Gasteiger partial charge on any atom is -0.325 e. The summed E-state index contributed by atoms with van der Waals surface area (Å²) >= 11 is 2.18. The van der Waals surface area contributed by atoms with E-state index in [1.165, 1.54) is 11.3 Å². The maximum Gasteiger partial charge on any atom is 0.287 e. The lowest BCUT2D eigenvalue weighted by Crippen LogP contribution is -2.43. The van der Waals surface area contributed by atoms with Crippen LogP contribution in [0, 0.1) is 19.3 Å². The number of carbonyl (C=O) groups is 3. The van der Waals surface area contributed by atoms with Crippen molar-refractivity contribution in [2.45, 2.75) is 13.8 Å². The van der Waals surface area contributed by atoms with E-state index in [1.54, 1.807) is 17.5 Å². The molecule has 0 fully saturated rings. The standard InChI is InChI=1S/C19H17N5O3S2/c1-10-5-6-12(11(2)8-10)21-14(25)9-29-19-23-16(20)15(18(27)24-19)22-17(26)13-4-3-7-28-13/h3-8H,9H2,1-2H3,(H,21,25)(H2,20,23,24,27). The number of benzene rings is 1. The maximum absolute atomic E-state index is 12.2. The molecule has 1 aromatic carbocycles. The number of carbonyl (C=O) groups excluding carboxylic acids is 3. The van der Waals surface area contributed by atoms with Gasteiger partial charge in [0.1, 0.15) is 0 Å². The first-order valence-corrected chi connectivity index (χ1v) is 10.4. The second-order valence-corrected chi connectivity index (χ2v) is 8.03. The normalized spacial score (nSPS) is 15.1. The Morgan fingerprint density at radius 3 is 2.76 bits per heavy atom. The third kappa shape index (κ3) is 5.24. The highest BCUT2D eigenvalue weighted by Gasteiger charge is 2.26. The van der Waals surface area contributed by atoms with Crippen LogP contribution in [0.2, 0.25) is 0 Å². The first-order valence-electron chi connectivity index (χ1n) is 8.49. The number of rotatable bonds is 4. The van der Waals surface area contributed by atoms with Gasteiger partial charge in [-0.1, -0.05) is 35.5 Å². The van der Waals surface area contributed by atoms with Crippen LogP contribution >= 0.6 is 23.1 Å². The van der Waals surface area contributed by atoms with Crippen LogP contribution in [0.4, 0.5) is 5.69 Å². The molecule has 8 nitrogen and oxygen atoms in total. The zero-order chi connectivity index (χ0) is 21.0. The SMILES string of the molecule is Cc1ccc(NC(=O)CSC2=NC(=N)C(=NC(=O)c3cccs3)C(=O)N2)c(C)c1. The lowest BCUT2D eigenvalue weighted by Gasteiger charge is -2.15. The number of aryl methyl sites for hydroxylation is 2. The summed E-state index contributed by atoms with van der Waals surface area (Å²) in [5.74, 6) is -1.99. The fourth-order valence-corrected chi connectivity index (χ4v) is 3.72. The van der Waals surface area contributed by atoms with Gasteiger partial charge in [0.2, 0.25) is 5.91 Å². The minimum absolute atomic E-state index is 0.000309. The summed E-state index contributed by atoms with van der Waals surface area (Å²) < 4.78 is 0. The van der Waals surface area contributed by atoms with Crippen LogP contribution in [0.3, 0.4) is 0 Å². The first-order chi connectivity index (χ1) is 13.8. The fourth-order valence-electron chi connectivity index (χ4n) is 2.45. The number of aliphatic imine (C=N–C) groups is 2. The Kier molecular flexibility index (Phi) is 6.35. The smallest absolute Gasteiger partial charge is 0.287 e. The number of amides is 3. The average Bonchev–Trinajstić information content (AvgIpc) is 3.20. The van der Waals surface area contributed by atoms with Crippen molar-refractivity contribution < 1.29 is 14.4 Å². The first kappa shape index (κ1) is 20.6. The van der Waals surface area contributed by atoms with E-state index in [2.05, 4.69) is 20.6 Å². The largest absolute Gasteiger partial charge is 0.325 e. The molecule has 3 rings (SSSR count). The quantitative estimate of drug-likeness (QED) is 0.694. The molecule has 29 heavy (non-hydrogen) atoms. The molecule has 0 radical (unpaired) electrons. The summed E-state index contributed by atoms with van der Waals surface area (Å²) in [4.78, 5) is 44.4. The summed E-state index contributed by atoms with van der Waals surface area (Å²) in [6, 6.07) is 8.98. The zero-order valence-corrected chi connectivity index (χ0v) is 17.2. The number of thioether (sulfide) groups is 1. The van der Waals surface area contributed by atoms with Crippen LogP contribution in [-0.4, -0.2) is 40.2 Å². The van der Waals surface area contributed by atoms with Gasteiger partial charge in [0, 0.05) is 5.69 Å². The van der Waals surface area contributed by atoms with Crippen molar-refractivity contribution in [3.8, 4) is 0 Å². The Balaban J connectivity index is 1.61. The van der Waals surface area contributed by atoms with Crippen molar-refractivity contribution in [1.29, 1.82) is 5.41 Å². The van der Waals surface area contributed by atoms with E-state index in [0.717, 1.165) is 22.9 Å². The predicted molar refractivity (Wildman–Crippen MR) is 116 cm³/mol. The molecule has 10 heteroatoms. The Labute approximate surface area is 175 Å². The van der Waals surface area contributed by atoms with Gasteiger partial charge in [0.15, 0.2) is 16.7 Å². The van der Waals surface area contributed by atoms with Crippen molar-refractivity contribution in [3.63, 3.8) is 0 Å². The van der Waals surface area contributed by atoms with E-state index in [9.17, 15) is 14.4 Å². The molecule has 3 N–H and O–H groups in total. The van der Waals surface area contributed by atoms with Crippen LogP contribution in [0.5, 0.6) is 0 Å². The summed E-state index contributed by atoms with van der Waals surface area (Å²) in [5.41, 5.74) is 2.41. The highest BCUT2D eigenvalue weighted by molar-refractivity contribution is 8.14. The molecule has 0 saturated carbocycles. The average molecular weight is 428 g/mol. The second kappa shape index (κ2) is 8.93. The number of amidine groups is 2. The molecule has 2 aromatic rings. The number of hydrogen-bond acceptors (Lipinski definition) is 6. The van der Waals surface area contributed by atoms with E-state index in [4.69, 9.17) is 5.41 Å². The number of nitrogens with zero attached hydrogens (tertiary/aromatic N) is 2. The molecular weight excluding hydrogens is 410 g/mol. The summed E-state index contributed by atoms with van der Waals surface area (Å²) in [7, 11) is 0. The molecule has 1 aromatic heterocycles. The molecule has 0 saturated heterocycles. The van der Waals surface area contributed by atoms with Crippen LogP contribution in [0.25, 0.3) is 0 Å². The minimum atomic E-state index is -0.702. The van der Waals surface area contributed by atoms with Gasteiger partial charge in [-0.25, -0.2) is 4.99 Å². The van der Waals surface area contributed by atoms with Crippen molar-refractivity contribution in [2.24, 2.45) is 9.98 Å². The van der Waals surface area contributed by atoms with E-state index < -0.39 is 17.6 Å². The molecule has 3 amide bonds. The summed E-state index contributed by atoms with van der Waals surface area (Å²) in [6.45, 7) is 3.87. The van der Waals surface area contributed by atoms with Crippen molar-refractivity contribution in [1.82, 2.24) is 5.32 Å². The van der Waals surface area contributed by atoms with Gasteiger partial charge in [0.05, 0.1) is 10.6 Å². The van der Waals surface area contributed by atoms with Crippen molar-refractivity contribution >= 4 is 63.2 Å². The Morgan fingerprint density at radius 2 is 2.10 bits per heavy atom. The van der Waals surface area contributed by atoms with E-state index >= 15 is 0 Å². The highest BCUT2D eigenvalue weighted by atomic mass is 32.2. The monoisotopic (exact) mass is 427 g/mol. The molecule has 0 aliphatic carbocycles. The molecule has 1 aliphatic rings. The van der Waals surface area contributed by atoms with Crippen LogP contribution in [0.1, 0.15) is 20.8 Å². The Morgan fingerprint density at radius 1 is 1.31 bits per heavy atom. The predicted octanol–water partition coefficient (Wildman–Crippen LogP) is 2.78. The summed E-state index contributed by atoms with van der Waals surface area (Å²) in [5, 5.41) is 15.0. The van der Waals surface area contributed by atoms with Gasteiger partial charge in [-0.15, -0.1) is 11.3 Å². The Bertz CT molecular complexity index is 1060. The molecule has 0 unspecified atom stereocenters. The topological polar surface area (TPSA) is 124 Å². The number of hydrogen-bond donors (Lipinski definition) is 3. The van der Waals surface area contributed by atoms with Crippen LogP contribution in [-0.2, 0) is 9.59 Å².